The zero-order valence-corrected chi connectivity index (χ0v) is 13.2. The molecule has 0 saturated carbocycles. The Morgan fingerprint density at radius 1 is 1.30 bits per heavy atom. The molecule has 1 heterocycles. The topological polar surface area (TPSA) is 55.4 Å². The minimum absolute atomic E-state index is 0.170. The lowest BCUT2D eigenvalue weighted by Crippen LogP contribution is -2.26. The minimum Gasteiger partial charge on any atom is -0.495 e. The van der Waals surface area contributed by atoms with Crippen LogP contribution in [0.1, 0.15) is 23.4 Å². The third-order valence-corrected chi connectivity index (χ3v) is 5.53. The number of hydrogen-bond donors (Lipinski definition) is 1. The summed E-state index contributed by atoms with van der Waals surface area (Å²) in [6.07, 6.45) is 0. The number of sulfonamides is 1. The number of ether oxygens (including phenoxy) is 1. The summed E-state index contributed by atoms with van der Waals surface area (Å²) in [7, 11) is -2.15. The van der Waals surface area contributed by atoms with E-state index in [2.05, 4.69) is 4.72 Å². The number of nitrogens with one attached hydrogen (secondary N) is 1. The molecule has 0 aliphatic rings. The summed E-state index contributed by atoms with van der Waals surface area (Å²) in [6, 6.07) is 8.64. The number of methoxy groups -OCH3 is 1. The van der Waals surface area contributed by atoms with Crippen LogP contribution in [0.2, 0.25) is 0 Å². The van der Waals surface area contributed by atoms with Gasteiger partial charge in [0.05, 0.1) is 13.2 Å². The molecule has 4 nitrogen and oxygen atoms in total. The van der Waals surface area contributed by atoms with Gasteiger partial charge in [-0.15, -0.1) is 11.3 Å². The maximum atomic E-state index is 12.5. The van der Waals surface area contributed by atoms with E-state index in [1.165, 1.54) is 18.4 Å². The van der Waals surface area contributed by atoms with E-state index in [0.717, 1.165) is 10.4 Å². The summed E-state index contributed by atoms with van der Waals surface area (Å²) in [6.45, 7) is 3.67. The molecule has 2 aromatic rings. The standard InChI is InChI=1S/C14H17NO3S2/c1-10-6-7-12(18-3)14(9-10)20(16,17)15-11(2)13-5-4-8-19-13/h4-9,11,15H,1-3H3/t11-/m0/s1. The first-order valence-electron chi connectivity index (χ1n) is 6.14. The van der Waals surface area contributed by atoms with Gasteiger partial charge in [0, 0.05) is 4.88 Å². The van der Waals surface area contributed by atoms with Crippen molar-refractivity contribution in [2.24, 2.45) is 0 Å². The van der Waals surface area contributed by atoms with Crippen LogP contribution in [0.15, 0.2) is 40.6 Å². The normalized spacial score (nSPS) is 13.2. The zero-order valence-electron chi connectivity index (χ0n) is 11.6. The molecule has 0 aliphatic heterocycles. The van der Waals surface area contributed by atoms with Crippen LogP contribution in [0, 0.1) is 6.92 Å². The van der Waals surface area contributed by atoms with Crippen molar-refractivity contribution in [3.63, 3.8) is 0 Å². The molecule has 0 spiro atoms. The van der Waals surface area contributed by atoms with Crippen molar-refractivity contribution < 1.29 is 13.2 Å². The predicted molar refractivity (Wildman–Crippen MR) is 80.8 cm³/mol. The average Bonchev–Trinajstić information content (AvgIpc) is 2.92. The highest BCUT2D eigenvalue weighted by Crippen LogP contribution is 2.27. The van der Waals surface area contributed by atoms with Crippen LogP contribution in [0.25, 0.3) is 0 Å². The number of thiophene rings is 1. The van der Waals surface area contributed by atoms with Crippen molar-refractivity contribution >= 4 is 21.4 Å². The quantitative estimate of drug-likeness (QED) is 0.923. The summed E-state index contributed by atoms with van der Waals surface area (Å²) < 4.78 is 32.8. The molecule has 0 fully saturated rings. The molecule has 0 bridgehead atoms. The van der Waals surface area contributed by atoms with E-state index in [-0.39, 0.29) is 10.9 Å². The molecule has 0 aliphatic carbocycles. The average molecular weight is 311 g/mol. The van der Waals surface area contributed by atoms with Gasteiger partial charge in [0.25, 0.3) is 0 Å². The van der Waals surface area contributed by atoms with Gasteiger partial charge in [-0.1, -0.05) is 12.1 Å². The molecule has 1 N–H and O–H groups in total. The molecule has 1 atom stereocenters. The number of hydrogen-bond acceptors (Lipinski definition) is 4. The molecule has 0 amide bonds. The molecular formula is C14H17NO3S2. The second-order valence-electron chi connectivity index (χ2n) is 4.51. The molecule has 1 aromatic heterocycles. The lowest BCUT2D eigenvalue weighted by Gasteiger charge is -2.15. The Morgan fingerprint density at radius 2 is 2.05 bits per heavy atom. The summed E-state index contributed by atoms with van der Waals surface area (Å²) in [5.41, 5.74) is 0.870. The Balaban J connectivity index is 2.33. The number of aryl methyl sites for hydroxylation is 1. The fourth-order valence-corrected chi connectivity index (χ4v) is 4.17. The SMILES string of the molecule is COc1ccc(C)cc1S(=O)(=O)N[C@@H](C)c1cccs1. The van der Waals surface area contributed by atoms with E-state index in [0.29, 0.717) is 5.75 Å². The predicted octanol–water partition coefficient (Wildman–Crippen LogP) is 3.10. The maximum absolute atomic E-state index is 12.5. The Hall–Kier alpha value is -1.37. The smallest absolute Gasteiger partial charge is 0.244 e. The highest BCUT2D eigenvalue weighted by atomic mass is 32.2. The summed E-state index contributed by atoms with van der Waals surface area (Å²) in [4.78, 5) is 1.14. The molecule has 0 unspecified atom stereocenters. The van der Waals surface area contributed by atoms with E-state index in [4.69, 9.17) is 4.74 Å². The number of rotatable bonds is 5. The van der Waals surface area contributed by atoms with E-state index in [1.807, 2.05) is 37.4 Å². The Bertz CT molecular complexity index is 678. The molecule has 6 heteroatoms. The van der Waals surface area contributed by atoms with Crippen molar-refractivity contribution in [3.05, 3.63) is 46.2 Å². The van der Waals surface area contributed by atoms with Crippen LogP contribution in [0.4, 0.5) is 0 Å². The fraction of sp³-hybridized carbons (Fsp3) is 0.286. The fourth-order valence-electron chi connectivity index (χ4n) is 1.89. The maximum Gasteiger partial charge on any atom is 0.244 e. The van der Waals surface area contributed by atoms with Gasteiger partial charge in [-0.25, -0.2) is 13.1 Å². The summed E-state index contributed by atoms with van der Waals surface area (Å²) in [5, 5.41) is 1.92. The van der Waals surface area contributed by atoms with E-state index in [1.54, 1.807) is 12.1 Å². The van der Waals surface area contributed by atoms with Crippen LogP contribution in [-0.2, 0) is 10.0 Å². The summed E-state index contributed by atoms with van der Waals surface area (Å²) >= 11 is 1.52. The van der Waals surface area contributed by atoms with Crippen molar-refractivity contribution in [1.29, 1.82) is 0 Å². The second kappa shape index (κ2) is 5.95. The third-order valence-electron chi connectivity index (χ3n) is 2.91. The van der Waals surface area contributed by atoms with Crippen LogP contribution in [0.3, 0.4) is 0 Å². The van der Waals surface area contributed by atoms with Crippen LogP contribution in [-0.4, -0.2) is 15.5 Å². The van der Waals surface area contributed by atoms with Crippen molar-refractivity contribution in [1.82, 2.24) is 4.72 Å². The van der Waals surface area contributed by atoms with E-state index < -0.39 is 10.0 Å². The van der Waals surface area contributed by atoms with Gasteiger partial charge in [-0.05, 0) is 43.0 Å². The Kier molecular flexibility index (Phi) is 4.47. The van der Waals surface area contributed by atoms with Gasteiger partial charge in [0.2, 0.25) is 10.0 Å². The van der Waals surface area contributed by atoms with Crippen LogP contribution in [0.5, 0.6) is 5.75 Å². The van der Waals surface area contributed by atoms with Crippen LogP contribution >= 0.6 is 11.3 Å². The molecule has 0 saturated heterocycles. The van der Waals surface area contributed by atoms with Crippen molar-refractivity contribution in [2.75, 3.05) is 7.11 Å². The van der Waals surface area contributed by atoms with Gasteiger partial charge >= 0.3 is 0 Å². The molecule has 20 heavy (non-hydrogen) atoms. The van der Waals surface area contributed by atoms with E-state index >= 15 is 0 Å². The van der Waals surface area contributed by atoms with Crippen LogP contribution < -0.4 is 9.46 Å². The van der Waals surface area contributed by atoms with Crippen molar-refractivity contribution in [2.45, 2.75) is 24.8 Å². The molecule has 1 aromatic carbocycles. The molecule has 0 radical (unpaired) electrons. The molecule has 2 rings (SSSR count). The summed E-state index contributed by atoms with van der Waals surface area (Å²) in [5.74, 6) is 0.349. The van der Waals surface area contributed by atoms with Gasteiger partial charge in [0.1, 0.15) is 10.6 Å². The zero-order chi connectivity index (χ0) is 14.8. The lowest BCUT2D eigenvalue weighted by molar-refractivity contribution is 0.402. The van der Waals surface area contributed by atoms with E-state index in [9.17, 15) is 8.42 Å². The number of benzene rings is 1. The first kappa shape index (κ1) is 15.0. The second-order valence-corrected chi connectivity index (χ2v) is 7.17. The van der Waals surface area contributed by atoms with Gasteiger partial charge < -0.3 is 4.74 Å². The lowest BCUT2D eigenvalue weighted by atomic mass is 10.2. The van der Waals surface area contributed by atoms with Gasteiger partial charge in [-0.3, -0.25) is 0 Å². The molecule has 108 valence electrons. The Morgan fingerprint density at radius 3 is 2.65 bits per heavy atom. The monoisotopic (exact) mass is 311 g/mol. The molecular weight excluding hydrogens is 294 g/mol. The minimum atomic E-state index is -3.62. The highest BCUT2D eigenvalue weighted by Gasteiger charge is 2.22. The first-order valence-corrected chi connectivity index (χ1v) is 8.50. The van der Waals surface area contributed by atoms with Gasteiger partial charge in [-0.2, -0.15) is 0 Å². The Labute approximate surface area is 123 Å². The van der Waals surface area contributed by atoms with Gasteiger partial charge in [0.15, 0.2) is 0 Å². The van der Waals surface area contributed by atoms with Crippen molar-refractivity contribution in [3.8, 4) is 5.75 Å². The largest absolute Gasteiger partial charge is 0.495 e. The first-order chi connectivity index (χ1) is 9.44. The highest BCUT2D eigenvalue weighted by molar-refractivity contribution is 7.89. The third kappa shape index (κ3) is 3.20.